The molecule has 0 heterocycles. The molecule has 124 valence electrons. The zero-order valence-electron chi connectivity index (χ0n) is 13.1. The Morgan fingerprint density at radius 2 is 1.82 bits per heavy atom. The van der Waals surface area contributed by atoms with Gasteiger partial charge in [0, 0.05) is 13.0 Å². The van der Waals surface area contributed by atoms with Crippen molar-refractivity contribution in [2.24, 2.45) is 5.73 Å². The van der Waals surface area contributed by atoms with Crippen molar-refractivity contribution in [3.8, 4) is 0 Å². The fourth-order valence-corrected chi connectivity index (χ4v) is 1.92. The van der Waals surface area contributed by atoms with Crippen LogP contribution in [-0.4, -0.2) is 25.5 Å². The summed E-state index contributed by atoms with van der Waals surface area (Å²) in [6.07, 6.45) is 2.89. The van der Waals surface area contributed by atoms with E-state index < -0.39 is 6.04 Å². The van der Waals surface area contributed by atoms with Gasteiger partial charge in [0.05, 0.1) is 7.11 Å². The average molecular weight is 329 g/mol. The lowest BCUT2D eigenvalue weighted by molar-refractivity contribution is -0.140. The number of benzene rings is 1. The number of nitrogens with one attached hydrogen (secondary N) is 1. The number of aryl methyl sites for hydroxylation is 1. The lowest BCUT2D eigenvalue weighted by atomic mass is 10.1. The minimum Gasteiger partial charge on any atom is -0.469 e. The van der Waals surface area contributed by atoms with Crippen molar-refractivity contribution >= 4 is 24.3 Å². The molecule has 0 radical (unpaired) electrons. The van der Waals surface area contributed by atoms with Crippen molar-refractivity contribution in [3.05, 3.63) is 35.4 Å². The van der Waals surface area contributed by atoms with Gasteiger partial charge < -0.3 is 15.8 Å². The first-order valence-corrected chi connectivity index (χ1v) is 7.21. The first-order chi connectivity index (χ1) is 10.0. The number of ether oxygens (including phenoxy) is 1. The molecule has 1 amide bonds. The van der Waals surface area contributed by atoms with Crippen LogP contribution in [0.4, 0.5) is 0 Å². The Bertz CT molecular complexity index is 463. The minimum atomic E-state index is -0.638. The second-order valence-electron chi connectivity index (χ2n) is 5.07. The number of hydrogen-bond donors (Lipinski definition) is 2. The summed E-state index contributed by atoms with van der Waals surface area (Å²) in [6, 6.07) is 6.98. The molecule has 5 nitrogen and oxygen atoms in total. The van der Waals surface area contributed by atoms with Crippen LogP contribution in [0.2, 0.25) is 0 Å². The maximum Gasteiger partial charge on any atom is 0.305 e. The van der Waals surface area contributed by atoms with Gasteiger partial charge in [-0.05, 0) is 25.3 Å². The first kappa shape index (κ1) is 20.4. The zero-order chi connectivity index (χ0) is 15.7. The third-order valence-corrected chi connectivity index (χ3v) is 3.30. The largest absolute Gasteiger partial charge is 0.469 e. The Morgan fingerprint density at radius 3 is 2.41 bits per heavy atom. The van der Waals surface area contributed by atoms with Gasteiger partial charge in [0.25, 0.3) is 0 Å². The number of nitrogens with two attached hydrogens (primary N) is 1. The monoisotopic (exact) mass is 328 g/mol. The van der Waals surface area contributed by atoms with Crippen molar-refractivity contribution in [2.45, 2.75) is 38.6 Å². The summed E-state index contributed by atoms with van der Waals surface area (Å²) >= 11 is 0. The van der Waals surface area contributed by atoms with Gasteiger partial charge in [0.1, 0.15) is 6.04 Å². The van der Waals surface area contributed by atoms with Gasteiger partial charge in [-0.1, -0.05) is 36.2 Å². The predicted octanol–water partition coefficient (Wildman–Crippen LogP) is 2.27. The molecule has 0 fully saturated rings. The summed E-state index contributed by atoms with van der Waals surface area (Å²) in [6.45, 7) is 2.56. The normalized spacial score (nSPS) is 11.2. The number of unbranched alkanes of at least 4 members (excludes halogenated alkanes) is 2. The van der Waals surface area contributed by atoms with E-state index in [0.29, 0.717) is 13.0 Å². The van der Waals surface area contributed by atoms with Gasteiger partial charge in [-0.15, -0.1) is 12.4 Å². The molecular formula is C16H25ClN2O3. The quantitative estimate of drug-likeness (QED) is 0.566. The third-order valence-electron chi connectivity index (χ3n) is 3.30. The van der Waals surface area contributed by atoms with Crippen molar-refractivity contribution in [1.82, 2.24) is 5.32 Å². The number of rotatable bonds is 8. The molecule has 0 aliphatic rings. The molecule has 6 heteroatoms. The highest BCUT2D eigenvalue weighted by Gasteiger charge is 2.14. The van der Waals surface area contributed by atoms with E-state index in [-0.39, 0.29) is 24.3 Å². The lowest BCUT2D eigenvalue weighted by Crippen LogP contribution is -2.34. The van der Waals surface area contributed by atoms with E-state index in [0.717, 1.165) is 30.4 Å². The molecule has 1 rings (SSSR count). The van der Waals surface area contributed by atoms with E-state index in [9.17, 15) is 9.59 Å². The zero-order valence-corrected chi connectivity index (χ0v) is 13.9. The van der Waals surface area contributed by atoms with Gasteiger partial charge >= 0.3 is 5.97 Å². The molecule has 1 aromatic rings. The highest BCUT2D eigenvalue weighted by molar-refractivity contribution is 5.85. The first-order valence-electron chi connectivity index (χ1n) is 7.21. The van der Waals surface area contributed by atoms with Crippen LogP contribution in [0.1, 0.15) is 42.9 Å². The fraction of sp³-hybridized carbons (Fsp3) is 0.500. The molecule has 0 saturated carbocycles. The maximum atomic E-state index is 11.9. The molecule has 0 aliphatic carbocycles. The van der Waals surface area contributed by atoms with Gasteiger partial charge in [-0.2, -0.15) is 0 Å². The molecule has 0 aliphatic heterocycles. The second kappa shape index (κ2) is 11.0. The van der Waals surface area contributed by atoms with Crippen LogP contribution in [0.5, 0.6) is 0 Å². The standard InChI is InChI=1S/C16H24N2O3.ClH/c1-12-7-9-13(10-8-12)15(17)16(20)18-11-5-3-4-6-14(19)21-2;/h7-10,15H,3-6,11,17H2,1-2H3,(H,18,20);1H. The molecule has 1 aromatic carbocycles. The molecular weight excluding hydrogens is 304 g/mol. The van der Waals surface area contributed by atoms with Crippen molar-refractivity contribution in [1.29, 1.82) is 0 Å². The number of methoxy groups -OCH3 is 1. The van der Waals surface area contributed by atoms with Crippen LogP contribution < -0.4 is 11.1 Å². The molecule has 0 bridgehead atoms. The van der Waals surface area contributed by atoms with E-state index in [2.05, 4.69) is 10.1 Å². The van der Waals surface area contributed by atoms with Crippen molar-refractivity contribution in [2.75, 3.05) is 13.7 Å². The van der Waals surface area contributed by atoms with E-state index in [1.165, 1.54) is 7.11 Å². The van der Waals surface area contributed by atoms with E-state index in [1.807, 2.05) is 31.2 Å². The summed E-state index contributed by atoms with van der Waals surface area (Å²) in [7, 11) is 1.38. The number of halogens is 1. The summed E-state index contributed by atoms with van der Waals surface area (Å²) in [5.74, 6) is -0.368. The Labute approximate surface area is 138 Å². The average Bonchev–Trinajstić information content (AvgIpc) is 2.50. The van der Waals surface area contributed by atoms with Crippen LogP contribution in [-0.2, 0) is 14.3 Å². The Morgan fingerprint density at radius 1 is 1.18 bits per heavy atom. The minimum absolute atomic E-state index is 0. The maximum absolute atomic E-state index is 11.9. The SMILES string of the molecule is COC(=O)CCCCCNC(=O)C(N)c1ccc(C)cc1.Cl. The number of esters is 1. The highest BCUT2D eigenvalue weighted by Crippen LogP contribution is 2.11. The Kier molecular flexibility index (Phi) is 10.2. The van der Waals surface area contributed by atoms with Gasteiger partial charge in [0.15, 0.2) is 0 Å². The third kappa shape index (κ3) is 7.43. The van der Waals surface area contributed by atoms with E-state index in [1.54, 1.807) is 0 Å². The Balaban J connectivity index is 0.00000441. The Hall–Kier alpha value is -1.59. The second-order valence-corrected chi connectivity index (χ2v) is 5.07. The molecule has 1 unspecified atom stereocenters. The summed E-state index contributed by atoms with van der Waals surface area (Å²) in [4.78, 5) is 22.8. The number of carbonyl (C=O) groups excluding carboxylic acids is 2. The van der Waals surface area contributed by atoms with Gasteiger partial charge in [-0.3, -0.25) is 9.59 Å². The molecule has 22 heavy (non-hydrogen) atoms. The summed E-state index contributed by atoms with van der Waals surface area (Å²) < 4.78 is 4.56. The summed E-state index contributed by atoms with van der Waals surface area (Å²) in [5, 5.41) is 2.82. The van der Waals surface area contributed by atoms with E-state index in [4.69, 9.17) is 5.73 Å². The topological polar surface area (TPSA) is 81.4 Å². The predicted molar refractivity (Wildman–Crippen MR) is 88.8 cm³/mol. The molecule has 3 N–H and O–H groups in total. The van der Waals surface area contributed by atoms with Crippen LogP contribution in [0.25, 0.3) is 0 Å². The number of hydrogen-bond acceptors (Lipinski definition) is 4. The van der Waals surface area contributed by atoms with Crippen LogP contribution >= 0.6 is 12.4 Å². The fourth-order valence-electron chi connectivity index (χ4n) is 1.92. The summed E-state index contributed by atoms with van der Waals surface area (Å²) in [5.41, 5.74) is 7.86. The lowest BCUT2D eigenvalue weighted by Gasteiger charge is -2.12. The van der Waals surface area contributed by atoms with Gasteiger partial charge in [0.2, 0.25) is 5.91 Å². The molecule has 0 saturated heterocycles. The molecule has 0 spiro atoms. The van der Waals surface area contributed by atoms with Crippen molar-refractivity contribution < 1.29 is 14.3 Å². The number of carbonyl (C=O) groups is 2. The van der Waals surface area contributed by atoms with E-state index >= 15 is 0 Å². The smallest absolute Gasteiger partial charge is 0.305 e. The van der Waals surface area contributed by atoms with Gasteiger partial charge in [-0.25, -0.2) is 0 Å². The van der Waals surface area contributed by atoms with Crippen LogP contribution in [0.15, 0.2) is 24.3 Å². The van der Waals surface area contributed by atoms with Crippen LogP contribution in [0.3, 0.4) is 0 Å². The number of amides is 1. The molecule has 0 aromatic heterocycles. The van der Waals surface area contributed by atoms with Crippen molar-refractivity contribution in [3.63, 3.8) is 0 Å². The highest BCUT2D eigenvalue weighted by atomic mass is 35.5. The molecule has 1 atom stereocenters. The van der Waals surface area contributed by atoms with Crippen LogP contribution in [0, 0.1) is 6.92 Å².